The lowest BCUT2D eigenvalue weighted by Gasteiger charge is -2.02. The molecule has 2 rings (SSSR count). The lowest BCUT2D eigenvalue weighted by Crippen LogP contribution is -2.03. The van der Waals surface area contributed by atoms with Gasteiger partial charge >= 0.3 is 0 Å². The van der Waals surface area contributed by atoms with Crippen LogP contribution in [-0.4, -0.2) is 19.7 Å². The zero-order valence-corrected chi connectivity index (χ0v) is 8.53. The summed E-state index contributed by atoms with van der Waals surface area (Å²) in [6.45, 7) is 0. The van der Waals surface area contributed by atoms with Crippen LogP contribution in [0, 0.1) is 11.6 Å². The van der Waals surface area contributed by atoms with Crippen molar-refractivity contribution in [2.24, 2.45) is 0 Å². The monoisotopic (exact) mass is 231 g/mol. The molecule has 0 radical (unpaired) electrons. The minimum atomic E-state index is -3.75. The van der Waals surface area contributed by atoms with E-state index in [0.29, 0.717) is 5.39 Å². The third-order valence-corrected chi connectivity index (χ3v) is 3.19. The summed E-state index contributed by atoms with van der Waals surface area (Å²) < 4.78 is 49.0. The highest BCUT2D eigenvalue weighted by molar-refractivity contribution is 7.90. The maximum absolute atomic E-state index is 13.4. The van der Waals surface area contributed by atoms with E-state index in [1.165, 1.54) is 12.3 Å². The summed E-state index contributed by atoms with van der Waals surface area (Å²) in [4.78, 5) is 1.88. The van der Waals surface area contributed by atoms with Gasteiger partial charge in [0.15, 0.2) is 21.5 Å². The molecule has 3 nitrogen and oxygen atoms in total. The minimum absolute atomic E-state index is 0.0279. The molecule has 1 N–H and O–H groups in total. The molecule has 0 aliphatic heterocycles. The third kappa shape index (κ3) is 1.50. The second-order valence-corrected chi connectivity index (χ2v) is 5.20. The van der Waals surface area contributed by atoms with Gasteiger partial charge in [-0.3, -0.25) is 0 Å². The molecule has 80 valence electrons. The highest BCUT2D eigenvalue weighted by Crippen LogP contribution is 2.25. The summed E-state index contributed by atoms with van der Waals surface area (Å²) in [5.74, 6) is -2.51. The van der Waals surface area contributed by atoms with Gasteiger partial charge in [-0.15, -0.1) is 0 Å². The van der Waals surface area contributed by atoms with Gasteiger partial charge in [0.05, 0.1) is 5.52 Å². The Balaban J connectivity index is 2.94. The summed E-state index contributed by atoms with van der Waals surface area (Å²) in [5.41, 5.74) is -0.0279. The highest BCUT2D eigenvalue weighted by Gasteiger charge is 2.20. The molecule has 0 aliphatic carbocycles. The number of benzene rings is 1. The Kier molecular flexibility index (Phi) is 2.04. The number of aromatic nitrogens is 1. The van der Waals surface area contributed by atoms with Crippen LogP contribution >= 0.6 is 0 Å². The molecule has 1 aromatic carbocycles. The first-order valence-corrected chi connectivity index (χ1v) is 5.95. The van der Waals surface area contributed by atoms with Crippen LogP contribution < -0.4 is 0 Å². The fourth-order valence-corrected chi connectivity index (χ4v) is 2.14. The fourth-order valence-electron chi connectivity index (χ4n) is 1.38. The van der Waals surface area contributed by atoms with Gasteiger partial charge in [0, 0.05) is 17.8 Å². The van der Waals surface area contributed by atoms with Crippen LogP contribution in [0.25, 0.3) is 10.9 Å². The molecule has 0 spiro atoms. The van der Waals surface area contributed by atoms with E-state index in [9.17, 15) is 17.2 Å². The van der Waals surface area contributed by atoms with Gasteiger partial charge in [-0.1, -0.05) is 0 Å². The molecule has 0 saturated heterocycles. The summed E-state index contributed by atoms with van der Waals surface area (Å²) >= 11 is 0. The lowest BCUT2D eigenvalue weighted by molar-refractivity contribution is 0.492. The van der Waals surface area contributed by atoms with Crippen LogP contribution in [-0.2, 0) is 9.84 Å². The zero-order valence-electron chi connectivity index (χ0n) is 7.71. The number of nitrogens with one attached hydrogen (secondary N) is 1. The second-order valence-electron chi connectivity index (χ2n) is 3.22. The van der Waals surface area contributed by atoms with E-state index in [0.717, 1.165) is 12.3 Å². The van der Waals surface area contributed by atoms with Crippen LogP contribution in [0.3, 0.4) is 0 Å². The summed E-state index contributed by atoms with van der Waals surface area (Å²) in [5, 5.41) is 0.328. The number of hydrogen-bond acceptors (Lipinski definition) is 2. The van der Waals surface area contributed by atoms with E-state index in [-0.39, 0.29) is 5.52 Å². The summed E-state index contributed by atoms with van der Waals surface area (Å²) in [6.07, 6.45) is 2.25. The molecule has 2 aromatic rings. The predicted molar refractivity (Wildman–Crippen MR) is 51.3 cm³/mol. The number of H-pyrrole nitrogens is 1. The quantitative estimate of drug-likeness (QED) is 0.814. The molecule has 1 aromatic heterocycles. The van der Waals surface area contributed by atoms with Crippen molar-refractivity contribution in [1.82, 2.24) is 4.98 Å². The molecular weight excluding hydrogens is 224 g/mol. The molecule has 15 heavy (non-hydrogen) atoms. The number of halogens is 2. The number of fused-ring (bicyclic) bond motifs is 1. The van der Waals surface area contributed by atoms with E-state index in [1.807, 2.05) is 0 Å². The van der Waals surface area contributed by atoms with E-state index in [4.69, 9.17) is 0 Å². The molecule has 1 heterocycles. The van der Waals surface area contributed by atoms with Gasteiger partial charge in [0.25, 0.3) is 0 Å². The van der Waals surface area contributed by atoms with Crippen molar-refractivity contribution in [3.05, 3.63) is 30.0 Å². The number of sulfone groups is 1. The third-order valence-electron chi connectivity index (χ3n) is 2.09. The van der Waals surface area contributed by atoms with Crippen LogP contribution in [0.5, 0.6) is 0 Å². The number of rotatable bonds is 1. The Morgan fingerprint density at radius 1 is 1.27 bits per heavy atom. The van der Waals surface area contributed by atoms with Crippen molar-refractivity contribution in [2.45, 2.75) is 4.90 Å². The molecule has 0 saturated carbocycles. The smallest absolute Gasteiger partial charge is 0.184 e. The van der Waals surface area contributed by atoms with E-state index in [2.05, 4.69) is 4.98 Å². The maximum Gasteiger partial charge on any atom is 0.184 e. The Hall–Kier alpha value is -1.43. The van der Waals surface area contributed by atoms with Gasteiger partial charge < -0.3 is 4.98 Å². The molecule has 0 unspecified atom stereocenters. The van der Waals surface area contributed by atoms with Crippen LogP contribution in [0.4, 0.5) is 8.78 Å². The van der Waals surface area contributed by atoms with Crippen LogP contribution in [0.1, 0.15) is 0 Å². The van der Waals surface area contributed by atoms with Crippen LogP contribution in [0.2, 0.25) is 0 Å². The Morgan fingerprint density at radius 3 is 2.53 bits per heavy atom. The Morgan fingerprint density at radius 2 is 1.93 bits per heavy atom. The molecule has 0 aliphatic rings. The Bertz CT molecular complexity index is 631. The SMILES string of the molecule is CS(=O)(=O)c1cc2cc[nH]c2c(F)c1F. The first-order valence-electron chi connectivity index (χ1n) is 4.06. The van der Waals surface area contributed by atoms with Crippen molar-refractivity contribution >= 4 is 20.7 Å². The average Bonchev–Trinajstić information content (AvgIpc) is 2.57. The van der Waals surface area contributed by atoms with Crippen LogP contribution in [0.15, 0.2) is 23.2 Å². The number of hydrogen-bond donors (Lipinski definition) is 1. The highest BCUT2D eigenvalue weighted by atomic mass is 32.2. The Labute approximate surface area is 84.6 Å². The van der Waals surface area contributed by atoms with E-state index >= 15 is 0 Å². The lowest BCUT2D eigenvalue weighted by atomic mass is 10.2. The minimum Gasteiger partial charge on any atom is -0.359 e. The first kappa shape index (κ1) is 10.1. The average molecular weight is 231 g/mol. The normalized spacial score (nSPS) is 12.2. The summed E-state index contributed by atoms with van der Waals surface area (Å²) in [6, 6.07) is 2.59. The molecular formula is C9H7F2NO2S. The van der Waals surface area contributed by atoms with Gasteiger partial charge in [0.2, 0.25) is 0 Å². The van der Waals surface area contributed by atoms with Crippen molar-refractivity contribution in [3.63, 3.8) is 0 Å². The van der Waals surface area contributed by atoms with E-state index < -0.39 is 26.4 Å². The van der Waals surface area contributed by atoms with Gasteiger partial charge in [0.1, 0.15) is 4.90 Å². The van der Waals surface area contributed by atoms with Crippen molar-refractivity contribution in [2.75, 3.05) is 6.26 Å². The topological polar surface area (TPSA) is 49.9 Å². The largest absolute Gasteiger partial charge is 0.359 e. The van der Waals surface area contributed by atoms with Gasteiger partial charge in [-0.2, -0.15) is 0 Å². The maximum atomic E-state index is 13.4. The molecule has 0 fully saturated rings. The zero-order chi connectivity index (χ0) is 11.2. The molecule has 0 bridgehead atoms. The fraction of sp³-hybridized carbons (Fsp3) is 0.111. The van der Waals surface area contributed by atoms with Crippen molar-refractivity contribution < 1.29 is 17.2 Å². The molecule has 6 heteroatoms. The van der Waals surface area contributed by atoms with Gasteiger partial charge in [-0.05, 0) is 12.1 Å². The second kappa shape index (κ2) is 3.03. The molecule has 0 atom stereocenters. The molecule has 0 amide bonds. The van der Waals surface area contributed by atoms with Crippen molar-refractivity contribution in [3.8, 4) is 0 Å². The van der Waals surface area contributed by atoms with Gasteiger partial charge in [-0.25, -0.2) is 17.2 Å². The number of aromatic amines is 1. The predicted octanol–water partition coefficient (Wildman–Crippen LogP) is 1.85. The first-order chi connectivity index (χ1) is 6.91. The standard InChI is InChI=1S/C9H7F2NO2S/c1-15(13,14)6-4-5-2-3-12-9(5)8(11)7(6)10/h2-4,12H,1H3. The summed E-state index contributed by atoms with van der Waals surface area (Å²) in [7, 11) is -3.75. The van der Waals surface area contributed by atoms with E-state index in [1.54, 1.807) is 0 Å². The van der Waals surface area contributed by atoms with Crippen molar-refractivity contribution in [1.29, 1.82) is 0 Å².